The molecular weight excluding hydrogens is 236 g/mol. The second kappa shape index (κ2) is 12.5. The maximum atomic E-state index is 11.7. The molecule has 0 spiro atoms. The molecule has 0 radical (unpaired) electrons. The lowest BCUT2D eigenvalue weighted by molar-refractivity contribution is -0.153. The predicted octanol–water partition coefficient (Wildman–Crippen LogP) is 5.50. The van der Waals surface area contributed by atoms with Gasteiger partial charge in [-0.2, -0.15) is 0 Å². The molecule has 0 amide bonds. The van der Waals surface area contributed by atoms with E-state index in [0.29, 0.717) is 0 Å². The van der Waals surface area contributed by atoms with Crippen LogP contribution in [-0.4, -0.2) is 12.1 Å². The van der Waals surface area contributed by atoms with E-state index < -0.39 is 0 Å². The monoisotopic (exact) mass is 270 g/mol. The molecule has 0 bridgehead atoms. The zero-order chi connectivity index (χ0) is 14.5. The Morgan fingerprint density at radius 1 is 0.842 bits per heavy atom. The summed E-state index contributed by atoms with van der Waals surface area (Å²) in [6, 6.07) is 0. The SMILES string of the molecule is CCCCCCC(CCCCCC)OC(=O)C(C)C. The molecule has 0 aliphatic heterocycles. The molecule has 2 nitrogen and oxygen atoms in total. The van der Waals surface area contributed by atoms with Gasteiger partial charge in [-0.25, -0.2) is 0 Å². The highest BCUT2D eigenvalue weighted by Gasteiger charge is 2.16. The molecule has 0 unspecified atom stereocenters. The van der Waals surface area contributed by atoms with Crippen molar-refractivity contribution in [1.82, 2.24) is 0 Å². The van der Waals surface area contributed by atoms with Crippen molar-refractivity contribution in [2.75, 3.05) is 0 Å². The lowest BCUT2D eigenvalue weighted by atomic mass is 10.0. The third kappa shape index (κ3) is 11.0. The summed E-state index contributed by atoms with van der Waals surface area (Å²) in [6.07, 6.45) is 12.3. The second-order valence-corrected chi connectivity index (χ2v) is 5.91. The summed E-state index contributed by atoms with van der Waals surface area (Å²) in [5.41, 5.74) is 0. The highest BCUT2D eigenvalue weighted by Crippen LogP contribution is 2.16. The zero-order valence-electron chi connectivity index (χ0n) is 13.5. The topological polar surface area (TPSA) is 26.3 Å². The number of esters is 1. The van der Waals surface area contributed by atoms with Crippen LogP contribution in [0.1, 0.15) is 91.9 Å². The van der Waals surface area contributed by atoms with Crippen LogP contribution in [0.2, 0.25) is 0 Å². The van der Waals surface area contributed by atoms with Gasteiger partial charge in [0.2, 0.25) is 0 Å². The Hall–Kier alpha value is -0.530. The van der Waals surface area contributed by atoms with Crippen LogP contribution in [-0.2, 0) is 9.53 Å². The van der Waals surface area contributed by atoms with Gasteiger partial charge in [0.05, 0.1) is 5.92 Å². The number of rotatable bonds is 12. The van der Waals surface area contributed by atoms with E-state index in [1.165, 1.54) is 51.4 Å². The largest absolute Gasteiger partial charge is 0.462 e. The van der Waals surface area contributed by atoms with Crippen LogP contribution >= 0.6 is 0 Å². The van der Waals surface area contributed by atoms with Crippen molar-refractivity contribution < 1.29 is 9.53 Å². The van der Waals surface area contributed by atoms with Crippen LogP contribution in [0.4, 0.5) is 0 Å². The first-order valence-electron chi connectivity index (χ1n) is 8.32. The Kier molecular flexibility index (Phi) is 12.2. The van der Waals surface area contributed by atoms with Gasteiger partial charge in [0.1, 0.15) is 6.10 Å². The predicted molar refractivity (Wildman–Crippen MR) is 82.2 cm³/mol. The molecule has 0 rings (SSSR count). The third-order valence-electron chi connectivity index (χ3n) is 3.51. The van der Waals surface area contributed by atoms with E-state index in [1.807, 2.05) is 13.8 Å². The molecule has 0 saturated carbocycles. The molecule has 0 aromatic heterocycles. The van der Waals surface area contributed by atoms with Gasteiger partial charge in [-0.1, -0.05) is 66.2 Å². The Balaban J connectivity index is 3.95. The van der Waals surface area contributed by atoms with Crippen LogP contribution in [0.25, 0.3) is 0 Å². The van der Waals surface area contributed by atoms with Crippen LogP contribution < -0.4 is 0 Å². The van der Waals surface area contributed by atoms with E-state index in [0.717, 1.165) is 12.8 Å². The smallest absolute Gasteiger partial charge is 0.308 e. The zero-order valence-corrected chi connectivity index (χ0v) is 13.5. The fraction of sp³-hybridized carbons (Fsp3) is 0.941. The molecule has 19 heavy (non-hydrogen) atoms. The van der Waals surface area contributed by atoms with Crippen molar-refractivity contribution >= 4 is 5.97 Å². The Morgan fingerprint density at radius 3 is 1.68 bits per heavy atom. The number of carbonyl (C=O) groups is 1. The van der Waals surface area contributed by atoms with Gasteiger partial charge >= 0.3 is 5.97 Å². The molecule has 2 heteroatoms. The van der Waals surface area contributed by atoms with Crippen molar-refractivity contribution in [3.05, 3.63) is 0 Å². The second-order valence-electron chi connectivity index (χ2n) is 5.91. The number of unbranched alkanes of at least 4 members (excludes halogenated alkanes) is 6. The third-order valence-corrected chi connectivity index (χ3v) is 3.51. The van der Waals surface area contributed by atoms with Gasteiger partial charge in [-0.3, -0.25) is 4.79 Å². The number of carbonyl (C=O) groups excluding carboxylic acids is 1. The first-order chi connectivity index (χ1) is 9.11. The summed E-state index contributed by atoms with van der Waals surface area (Å²) >= 11 is 0. The summed E-state index contributed by atoms with van der Waals surface area (Å²) < 4.78 is 5.63. The molecule has 0 heterocycles. The fourth-order valence-corrected chi connectivity index (χ4v) is 2.16. The van der Waals surface area contributed by atoms with Crippen molar-refractivity contribution in [2.24, 2.45) is 5.92 Å². The number of hydrogen-bond donors (Lipinski definition) is 0. The van der Waals surface area contributed by atoms with Gasteiger partial charge in [0.15, 0.2) is 0 Å². The standard InChI is InChI=1S/C17H34O2/c1-5-7-9-11-13-16(14-12-10-8-6-2)19-17(18)15(3)4/h15-16H,5-14H2,1-4H3. The summed E-state index contributed by atoms with van der Waals surface area (Å²) in [5, 5.41) is 0. The molecule has 0 fully saturated rings. The van der Waals surface area contributed by atoms with Crippen LogP contribution in [0.15, 0.2) is 0 Å². The van der Waals surface area contributed by atoms with Crippen LogP contribution in [0, 0.1) is 5.92 Å². The molecule has 0 aliphatic carbocycles. The minimum absolute atomic E-state index is 0.00576. The van der Waals surface area contributed by atoms with E-state index in [2.05, 4.69) is 13.8 Å². The van der Waals surface area contributed by atoms with E-state index in [-0.39, 0.29) is 18.0 Å². The average molecular weight is 270 g/mol. The van der Waals surface area contributed by atoms with E-state index >= 15 is 0 Å². The lowest BCUT2D eigenvalue weighted by Crippen LogP contribution is -2.21. The first kappa shape index (κ1) is 18.5. The first-order valence-corrected chi connectivity index (χ1v) is 8.32. The molecular formula is C17H34O2. The van der Waals surface area contributed by atoms with Crippen molar-refractivity contribution in [2.45, 2.75) is 98.0 Å². The van der Waals surface area contributed by atoms with E-state index in [1.54, 1.807) is 0 Å². The lowest BCUT2D eigenvalue weighted by Gasteiger charge is -2.19. The van der Waals surface area contributed by atoms with Crippen LogP contribution in [0.5, 0.6) is 0 Å². The molecule has 0 N–H and O–H groups in total. The highest BCUT2D eigenvalue weighted by molar-refractivity contribution is 5.71. The van der Waals surface area contributed by atoms with Crippen molar-refractivity contribution in [3.8, 4) is 0 Å². The summed E-state index contributed by atoms with van der Waals surface area (Å²) in [7, 11) is 0. The van der Waals surface area contributed by atoms with Gasteiger partial charge in [0.25, 0.3) is 0 Å². The summed E-state index contributed by atoms with van der Waals surface area (Å²) in [5.74, 6) is -0.0373. The van der Waals surface area contributed by atoms with E-state index in [9.17, 15) is 4.79 Å². The van der Waals surface area contributed by atoms with Crippen molar-refractivity contribution in [1.29, 1.82) is 0 Å². The van der Waals surface area contributed by atoms with Gasteiger partial charge < -0.3 is 4.74 Å². The highest BCUT2D eigenvalue weighted by atomic mass is 16.5. The maximum absolute atomic E-state index is 11.7. The molecule has 0 aromatic carbocycles. The minimum Gasteiger partial charge on any atom is -0.462 e. The molecule has 0 aromatic rings. The molecule has 0 aliphatic rings. The van der Waals surface area contributed by atoms with E-state index in [4.69, 9.17) is 4.74 Å². The summed E-state index contributed by atoms with van der Waals surface area (Å²) in [4.78, 5) is 11.7. The Labute approximate surface area is 120 Å². The van der Waals surface area contributed by atoms with Crippen molar-refractivity contribution in [3.63, 3.8) is 0 Å². The van der Waals surface area contributed by atoms with Crippen LogP contribution in [0.3, 0.4) is 0 Å². The number of hydrogen-bond acceptors (Lipinski definition) is 2. The Morgan fingerprint density at radius 2 is 1.32 bits per heavy atom. The molecule has 0 saturated heterocycles. The quantitative estimate of drug-likeness (QED) is 0.346. The maximum Gasteiger partial charge on any atom is 0.308 e. The number of ether oxygens (including phenoxy) is 1. The van der Waals surface area contributed by atoms with Gasteiger partial charge in [-0.15, -0.1) is 0 Å². The molecule has 114 valence electrons. The van der Waals surface area contributed by atoms with Gasteiger partial charge in [-0.05, 0) is 25.7 Å². The normalized spacial score (nSPS) is 11.3. The molecule has 0 atom stereocenters. The average Bonchev–Trinajstić information content (AvgIpc) is 2.38. The van der Waals surface area contributed by atoms with Gasteiger partial charge in [0, 0.05) is 0 Å². The summed E-state index contributed by atoms with van der Waals surface area (Å²) in [6.45, 7) is 8.27. The fourth-order valence-electron chi connectivity index (χ4n) is 2.16. The minimum atomic E-state index is -0.0315. The Bertz CT molecular complexity index is 199.